The molecule has 0 aromatic carbocycles. The van der Waals surface area contributed by atoms with Crippen LogP contribution in [0.5, 0.6) is 0 Å². The second kappa shape index (κ2) is 6.98. The predicted molar refractivity (Wildman–Crippen MR) is 83.2 cm³/mol. The Morgan fingerprint density at radius 3 is 3.00 bits per heavy atom. The molecule has 0 spiro atoms. The Bertz CT molecular complexity index is 598. The molecule has 2 aromatic heterocycles. The Morgan fingerprint density at radius 1 is 1.32 bits per heavy atom. The van der Waals surface area contributed by atoms with Crippen molar-refractivity contribution < 1.29 is 4.74 Å². The number of hydrogen-bond donors (Lipinski definition) is 0. The van der Waals surface area contributed by atoms with Crippen molar-refractivity contribution in [2.45, 2.75) is 46.0 Å². The Balaban J connectivity index is 1.71. The van der Waals surface area contributed by atoms with Gasteiger partial charge in [0.2, 0.25) is 0 Å². The standard InChI is InChI=1S/C16H23N5O/c1-3-22-12-16-19-18-15-9-13(2)20(7-8-21(15)16)11-14-5-4-6-17-10-14/h4-6,10,13H,3,7-9,11-12H2,1-2H3/t13-/m1/s1. The van der Waals surface area contributed by atoms with E-state index in [1.165, 1.54) is 5.56 Å². The molecule has 6 nitrogen and oxygen atoms in total. The van der Waals surface area contributed by atoms with Crippen LogP contribution in [0.25, 0.3) is 0 Å². The van der Waals surface area contributed by atoms with Crippen molar-refractivity contribution >= 4 is 0 Å². The zero-order valence-corrected chi connectivity index (χ0v) is 13.3. The van der Waals surface area contributed by atoms with Gasteiger partial charge in [-0.05, 0) is 25.5 Å². The zero-order chi connectivity index (χ0) is 15.4. The van der Waals surface area contributed by atoms with Crippen molar-refractivity contribution in [2.75, 3.05) is 13.2 Å². The molecule has 22 heavy (non-hydrogen) atoms. The first-order valence-corrected chi connectivity index (χ1v) is 7.89. The third-order valence-corrected chi connectivity index (χ3v) is 4.16. The molecule has 0 saturated carbocycles. The minimum atomic E-state index is 0.436. The summed E-state index contributed by atoms with van der Waals surface area (Å²) in [4.78, 5) is 6.69. The van der Waals surface area contributed by atoms with Crippen molar-refractivity contribution in [3.8, 4) is 0 Å². The number of fused-ring (bicyclic) bond motifs is 1. The van der Waals surface area contributed by atoms with Crippen LogP contribution in [0.4, 0.5) is 0 Å². The summed E-state index contributed by atoms with van der Waals surface area (Å²) in [7, 11) is 0. The lowest BCUT2D eigenvalue weighted by atomic mass is 10.1. The van der Waals surface area contributed by atoms with E-state index < -0.39 is 0 Å². The number of nitrogens with zero attached hydrogens (tertiary/aromatic N) is 5. The van der Waals surface area contributed by atoms with Crippen LogP contribution in [0.15, 0.2) is 24.5 Å². The maximum atomic E-state index is 5.49. The lowest BCUT2D eigenvalue weighted by Gasteiger charge is -2.26. The highest BCUT2D eigenvalue weighted by Crippen LogP contribution is 2.17. The molecule has 1 aliphatic heterocycles. The molecular formula is C16H23N5O. The second-order valence-corrected chi connectivity index (χ2v) is 5.71. The van der Waals surface area contributed by atoms with E-state index in [4.69, 9.17) is 4.74 Å². The number of rotatable bonds is 5. The highest BCUT2D eigenvalue weighted by molar-refractivity contribution is 5.09. The maximum absolute atomic E-state index is 5.49. The molecule has 1 atom stereocenters. The molecule has 0 radical (unpaired) electrons. The van der Waals surface area contributed by atoms with E-state index in [2.05, 4.69) is 37.6 Å². The van der Waals surface area contributed by atoms with E-state index in [0.29, 0.717) is 19.3 Å². The van der Waals surface area contributed by atoms with Crippen molar-refractivity contribution in [3.63, 3.8) is 0 Å². The number of aromatic nitrogens is 4. The van der Waals surface area contributed by atoms with Crippen LogP contribution in [0.2, 0.25) is 0 Å². The largest absolute Gasteiger partial charge is 0.374 e. The Kier molecular flexibility index (Phi) is 4.80. The summed E-state index contributed by atoms with van der Waals surface area (Å²) in [5, 5.41) is 8.64. The minimum absolute atomic E-state index is 0.436. The van der Waals surface area contributed by atoms with Gasteiger partial charge in [0, 0.05) is 51.1 Å². The van der Waals surface area contributed by atoms with Crippen molar-refractivity contribution in [3.05, 3.63) is 41.7 Å². The van der Waals surface area contributed by atoms with Crippen molar-refractivity contribution in [2.24, 2.45) is 0 Å². The van der Waals surface area contributed by atoms with Gasteiger partial charge in [-0.2, -0.15) is 0 Å². The smallest absolute Gasteiger partial charge is 0.159 e. The molecule has 0 unspecified atom stereocenters. The van der Waals surface area contributed by atoms with Gasteiger partial charge in [-0.25, -0.2) is 0 Å². The van der Waals surface area contributed by atoms with Crippen LogP contribution in [0.3, 0.4) is 0 Å². The van der Waals surface area contributed by atoms with Gasteiger partial charge in [0.05, 0.1) is 0 Å². The van der Waals surface area contributed by atoms with Crippen molar-refractivity contribution in [1.29, 1.82) is 0 Å². The quantitative estimate of drug-likeness (QED) is 0.840. The molecule has 0 aliphatic carbocycles. The normalized spacial score (nSPS) is 18.9. The van der Waals surface area contributed by atoms with Crippen LogP contribution in [-0.2, 0) is 30.9 Å². The molecular weight excluding hydrogens is 278 g/mol. The van der Waals surface area contributed by atoms with E-state index in [1.54, 1.807) is 0 Å². The SMILES string of the molecule is CCOCc1nnc2n1CCN(Cc1cccnc1)[C@H](C)C2. The first-order chi connectivity index (χ1) is 10.8. The van der Waals surface area contributed by atoms with E-state index in [0.717, 1.165) is 37.7 Å². The molecule has 0 N–H and O–H groups in total. The van der Waals surface area contributed by atoms with Crippen LogP contribution >= 0.6 is 0 Å². The number of pyridine rings is 1. The molecule has 0 amide bonds. The lowest BCUT2D eigenvalue weighted by Crippen LogP contribution is -2.34. The molecule has 6 heteroatoms. The fourth-order valence-corrected chi connectivity index (χ4v) is 2.88. The molecule has 3 rings (SSSR count). The summed E-state index contributed by atoms with van der Waals surface area (Å²) in [5.41, 5.74) is 1.25. The summed E-state index contributed by atoms with van der Waals surface area (Å²) >= 11 is 0. The summed E-state index contributed by atoms with van der Waals surface area (Å²) in [5.74, 6) is 2.00. The zero-order valence-electron chi connectivity index (χ0n) is 13.3. The summed E-state index contributed by atoms with van der Waals surface area (Å²) in [6.07, 6.45) is 4.67. The van der Waals surface area contributed by atoms with Gasteiger partial charge < -0.3 is 9.30 Å². The number of hydrogen-bond acceptors (Lipinski definition) is 5. The van der Waals surface area contributed by atoms with E-state index >= 15 is 0 Å². The molecule has 1 aliphatic rings. The summed E-state index contributed by atoms with van der Waals surface area (Å²) in [6, 6.07) is 4.56. The lowest BCUT2D eigenvalue weighted by molar-refractivity contribution is 0.124. The molecule has 0 bridgehead atoms. The monoisotopic (exact) mass is 301 g/mol. The van der Waals surface area contributed by atoms with Crippen LogP contribution in [-0.4, -0.2) is 43.8 Å². The summed E-state index contributed by atoms with van der Waals surface area (Å²) < 4.78 is 7.71. The maximum Gasteiger partial charge on any atom is 0.159 e. The van der Waals surface area contributed by atoms with Crippen LogP contribution in [0, 0.1) is 0 Å². The highest BCUT2D eigenvalue weighted by Gasteiger charge is 2.23. The number of ether oxygens (including phenoxy) is 1. The first kappa shape index (κ1) is 15.1. The van der Waals surface area contributed by atoms with Gasteiger partial charge in [0.1, 0.15) is 12.4 Å². The first-order valence-electron chi connectivity index (χ1n) is 7.89. The Hall–Kier alpha value is -1.79. The van der Waals surface area contributed by atoms with E-state index in [1.807, 2.05) is 25.4 Å². The molecule has 2 aromatic rings. The van der Waals surface area contributed by atoms with Crippen molar-refractivity contribution in [1.82, 2.24) is 24.6 Å². The topological polar surface area (TPSA) is 56.1 Å². The fourth-order valence-electron chi connectivity index (χ4n) is 2.88. The summed E-state index contributed by atoms with van der Waals surface area (Å²) in [6.45, 7) is 8.32. The molecule has 3 heterocycles. The minimum Gasteiger partial charge on any atom is -0.374 e. The van der Waals surface area contributed by atoms with Crippen LogP contribution < -0.4 is 0 Å². The molecule has 0 saturated heterocycles. The Labute approximate surface area is 131 Å². The molecule has 118 valence electrons. The van der Waals surface area contributed by atoms with Crippen LogP contribution in [0.1, 0.15) is 31.1 Å². The highest BCUT2D eigenvalue weighted by atomic mass is 16.5. The Morgan fingerprint density at radius 2 is 2.23 bits per heavy atom. The fraction of sp³-hybridized carbons (Fsp3) is 0.562. The van der Waals surface area contributed by atoms with Gasteiger partial charge >= 0.3 is 0 Å². The van der Waals surface area contributed by atoms with Gasteiger partial charge in [-0.3, -0.25) is 9.88 Å². The van der Waals surface area contributed by atoms with Gasteiger partial charge in [0.15, 0.2) is 5.82 Å². The predicted octanol–water partition coefficient (Wildman–Crippen LogP) is 1.66. The van der Waals surface area contributed by atoms with Gasteiger partial charge in [0.25, 0.3) is 0 Å². The van der Waals surface area contributed by atoms with Gasteiger partial charge in [-0.15, -0.1) is 10.2 Å². The average Bonchev–Trinajstić information content (AvgIpc) is 2.84. The molecule has 0 fully saturated rings. The van der Waals surface area contributed by atoms with E-state index in [-0.39, 0.29) is 0 Å². The third-order valence-electron chi connectivity index (χ3n) is 4.16. The van der Waals surface area contributed by atoms with E-state index in [9.17, 15) is 0 Å². The third kappa shape index (κ3) is 3.34. The van der Waals surface area contributed by atoms with Gasteiger partial charge in [-0.1, -0.05) is 6.07 Å². The average molecular weight is 301 g/mol. The second-order valence-electron chi connectivity index (χ2n) is 5.71.